The smallest absolute Gasteiger partial charge is 0.326 e. The molecule has 2 aromatic rings. The summed E-state index contributed by atoms with van der Waals surface area (Å²) in [6.07, 6.45) is 3.11. The highest BCUT2D eigenvalue weighted by atomic mass is 19.1. The number of halogens is 2. The number of amides is 1. The first-order valence-corrected chi connectivity index (χ1v) is 11.4. The Morgan fingerprint density at radius 1 is 1.14 bits per heavy atom. The Morgan fingerprint density at radius 2 is 1.80 bits per heavy atom. The average Bonchev–Trinajstić information content (AvgIpc) is 3.32. The summed E-state index contributed by atoms with van der Waals surface area (Å²) in [5, 5.41) is 9.98. The maximum atomic E-state index is 15.7. The Hall–Kier alpha value is -3.53. The number of ether oxygens (including phenoxy) is 3. The van der Waals surface area contributed by atoms with Gasteiger partial charge in [-0.25, -0.2) is 8.78 Å². The fraction of sp³-hybridized carbons (Fsp3) is 0.400. The molecule has 8 nitrogen and oxygen atoms in total. The lowest BCUT2D eigenvalue weighted by molar-refractivity contribution is -0.233. The summed E-state index contributed by atoms with van der Waals surface area (Å²) in [6, 6.07) is 8.54. The molecule has 0 unspecified atom stereocenters. The number of nitrogen functional groups attached to an aromatic ring is 1. The van der Waals surface area contributed by atoms with Gasteiger partial charge in [-0.2, -0.15) is 0 Å². The molecule has 1 aliphatic rings. The molecule has 1 fully saturated rings. The van der Waals surface area contributed by atoms with E-state index in [1.165, 1.54) is 6.92 Å². The summed E-state index contributed by atoms with van der Waals surface area (Å²) in [5.74, 6) is -7.43. The van der Waals surface area contributed by atoms with Crippen molar-refractivity contribution in [2.75, 3.05) is 6.61 Å². The third-order valence-corrected chi connectivity index (χ3v) is 5.63. The minimum absolute atomic E-state index is 0.0748. The number of carbonyl (C=O) groups is 2. The number of rotatable bonds is 10. The quantitative estimate of drug-likeness (QED) is 0.203. The van der Waals surface area contributed by atoms with Crippen LogP contribution in [0.15, 0.2) is 36.4 Å². The highest BCUT2D eigenvalue weighted by molar-refractivity contribution is 5.94. The van der Waals surface area contributed by atoms with E-state index in [1.807, 2.05) is 0 Å². The molecule has 0 aliphatic heterocycles. The number of hydrogen-bond acceptors (Lipinski definition) is 6. The molecular formula is C25H29F2N3O5. The van der Waals surface area contributed by atoms with Crippen molar-refractivity contribution in [3.63, 3.8) is 0 Å². The summed E-state index contributed by atoms with van der Waals surface area (Å²) in [5.41, 5.74) is 5.68. The maximum Gasteiger partial charge on any atom is 0.326 e. The molecule has 1 saturated carbocycles. The first kappa shape index (κ1) is 26.1. The zero-order valence-corrected chi connectivity index (χ0v) is 19.7. The lowest BCUT2D eigenvalue weighted by atomic mass is 10.0. The molecule has 0 spiro atoms. The molecule has 0 radical (unpaired) electrons. The van der Waals surface area contributed by atoms with Crippen molar-refractivity contribution in [2.45, 2.75) is 58.0 Å². The molecule has 1 aliphatic carbocycles. The van der Waals surface area contributed by atoms with Crippen LogP contribution in [0.5, 0.6) is 5.75 Å². The predicted molar refractivity (Wildman–Crippen MR) is 124 cm³/mol. The van der Waals surface area contributed by atoms with Crippen LogP contribution in [0.2, 0.25) is 0 Å². The van der Waals surface area contributed by atoms with Crippen LogP contribution in [0, 0.1) is 17.0 Å². The van der Waals surface area contributed by atoms with Crippen LogP contribution in [-0.4, -0.2) is 30.4 Å². The van der Waals surface area contributed by atoms with E-state index in [-0.39, 0.29) is 30.8 Å². The third-order valence-electron chi connectivity index (χ3n) is 5.63. The molecule has 0 heterocycles. The standard InChI is InChI=1S/C25H29F2N3O5/c1-3-33-25(35-15(2)31,24(32)30-14-16-8-10-17(11-9-16)23(28)29)21-19(26)12-13-20(22(21)27)34-18-6-4-5-7-18/h8-13,18H,3-7,14H2,1-2H3,(H3,28,29)(H,30,32)/t25-/m0/s1. The van der Waals surface area contributed by atoms with Gasteiger partial charge in [-0.05, 0) is 50.3 Å². The normalized spacial score (nSPS) is 15.3. The SMILES string of the molecule is CCO[C@@](OC(C)=O)(C(=O)NCc1ccc(C(=N)N)cc1)c1c(F)ccc(OC2CCCC2)c1F. The summed E-state index contributed by atoms with van der Waals surface area (Å²) in [6.45, 7) is 2.24. The Labute approximate surface area is 202 Å². The van der Waals surface area contributed by atoms with Crippen molar-refractivity contribution >= 4 is 17.7 Å². The van der Waals surface area contributed by atoms with E-state index in [0.29, 0.717) is 11.1 Å². The van der Waals surface area contributed by atoms with Crippen molar-refractivity contribution in [1.29, 1.82) is 5.41 Å². The molecule has 0 saturated heterocycles. The number of benzene rings is 2. The zero-order valence-electron chi connectivity index (χ0n) is 19.7. The van der Waals surface area contributed by atoms with Gasteiger partial charge in [-0.15, -0.1) is 0 Å². The Balaban J connectivity index is 1.97. The number of hydrogen-bond donors (Lipinski definition) is 3. The second-order valence-electron chi connectivity index (χ2n) is 8.20. The monoisotopic (exact) mass is 489 g/mol. The van der Waals surface area contributed by atoms with E-state index in [2.05, 4.69) is 5.32 Å². The number of amidine groups is 1. The molecule has 3 rings (SSSR count). The molecule has 1 atom stereocenters. The second kappa shape index (κ2) is 11.3. The summed E-state index contributed by atoms with van der Waals surface area (Å²) in [7, 11) is 0. The highest BCUT2D eigenvalue weighted by Crippen LogP contribution is 2.37. The van der Waals surface area contributed by atoms with Gasteiger partial charge in [0, 0.05) is 25.6 Å². The van der Waals surface area contributed by atoms with Gasteiger partial charge in [-0.1, -0.05) is 24.3 Å². The molecule has 1 amide bonds. The molecule has 4 N–H and O–H groups in total. The highest BCUT2D eigenvalue weighted by Gasteiger charge is 2.50. The summed E-state index contributed by atoms with van der Waals surface area (Å²) >= 11 is 0. The molecular weight excluding hydrogens is 460 g/mol. The van der Waals surface area contributed by atoms with E-state index >= 15 is 8.78 Å². The van der Waals surface area contributed by atoms with Gasteiger partial charge >= 0.3 is 11.8 Å². The Morgan fingerprint density at radius 3 is 2.37 bits per heavy atom. The molecule has 0 aromatic heterocycles. The maximum absolute atomic E-state index is 15.7. The van der Waals surface area contributed by atoms with Crippen molar-refractivity contribution in [1.82, 2.24) is 5.32 Å². The molecule has 10 heteroatoms. The van der Waals surface area contributed by atoms with Crippen molar-refractivity contribution in [3.8, 4) is 5.75 Å². The van der Waals surface area contributed by atoms with Gasteiger partial charge in [0.15, 0.2) is 11.6 Å². The summed E-state index contributed by atoms with van der Waals surface area (Å²) < 4.78 is 47.1. The van der Waals surface area contributed by atoms with Crippen molar-refractivity contribution < 1.29 is 32.6 Å². The van der Waals surface area contributed by atoms with Crippen LogP contribution in [0.3, 0.4) is 0 Å². The first-order chi connectivity index (χ1) is 16.7. The first-order valence-electron chi connectivity index (χ1n) is 11.4. The lowest BCUT2D eigenvalue weighted by Crippen LogP contribution is -2.50. The van der Waals surface area contributed by atoms with E-state index in [0.717, 1.165) is 44.7 Å². The minimum Gasteiger partial charge on any atom is -0.487 e. The third kappa shape index (κ3) is 5.94. The lowest BCUT2D eigenvalue weighted by Gasteiger charge is -2.32. The van der Waals surface area contributed by atoms with Crippen LogP contribution < -0.4 is 15.8 Å². The van der Waals surface area contributed by atoms with Crippen LogP contribution in [0.25, 0.3) is 0 Å². The summed E-state index contributed by atoms with van der Waals surface area (Å²) in [4.78, 5) is 25.3. The van der Waals surface area contributed by atoms with Crippen LogP contribution >= 0.6 is 0 Å². The largest absolute Gasteiger partial charge is 0.487 e. The molecule has 35 heavy (non-hydrogen) atoms. The van der Waals surface area contributed by atoms with Gasteiger partial charge in [0.05, 0.1) is 6.10 Å². The van der Waals surface area contributed by atoms with Gasteiger partial charge in [0.25, 0.3) is 5.91 Å². The number of carbonyl (C=O) groups excluding carboxylic acids is 2. The van der Waals surface area contributed by atoms with E-state index in [1.54, 1.807) is 24.3 Å². The van der Waals surface area contributed by atoms with E-state index < -0.39 is 34.9 Å². The van der Waals surface area contributed by atoms with Gasteiger partial charge in [0.2, 0.25) is 0 Å². The second-order valence-corrected chi connectivity index (χ2v) is 8.20. The van der Waals surface area contributed by atoms with Crippen molar-refractivity contribution in [2.24, 2.45) is 5.73 Å². The van der Waals surface area contributed by atoms with Crippen LogP contribution in [0.4, 0.5) is 8.78 Å². The van der Waals surface area contributed by atoms with Crippen molar-refractivity contribution in [3.05, 3.63) is 64.7 Å². The van der Waals surface area contributed by atoms with E-state index in [4.69, 9.17) is 25.4 Å². The Kier molecular flexibility index (Phi) is 8.39. The average molecular weight is 490 g/mol. The van der Waals surface area contributed by atoms with Crippen LogP contribution in [-0.2, 0) is 31.4 Å². The molecule has 2 aromatic carbocycles. The zero-order chi connectivity index (χ0) is 25.6. The minimum atomic E-state index is -2.72. The van der Waals surface area contributed by atoms with E-state index in [9.17, 15) is 9.59 Å². The number of nitrogens with one attached hydrogen (secondary N) is 2. The molecule has 0 bridgehead atoms. The predicted octanol–water partition coefficient (Wildman–Crippen LogP) is 3.64. The Bertz CT molecular complexity index is 1090. The van der Waals surface area contributed by atoms with Gasteiger partial charge in [0.1, 0.15) is 17.2 Å². The van der Waals surface area contributed by atoms with Gasteiger partial charge in [-0.3, -0.25) is 15.0 Å². The fourth-order valence-corrected chi connectivity index (χ4v) is 4.00. The number of esters is 1. The number of nitrogens with two attached hydrogens (primary N) is 1. The van der Waals surface area contributed by atoms with Gasteiger partial charge < -0.3 is 25.3 Å². The topological polar surface area (TPSA) is 124 Å². The van der Waals surface area contributed by atoms with Crippen LogP contribution in [0.1, 0.15) is 56.2 Å². The molecule has 188 valence electrons. The fourth-order valence-electron chi connectivity index (χ4n) is 4.00.